The number of carbonyl (C=O) groups is 1. The van der Waals surface area contributed by atoms with E-state index in [2.05, 4.69) is 50.3 Å². The van der Waals surface area contributed by atoms with E-state index in [0.717, 1.165) is 57.8 Å². The third-order valence-electron chi connectivity index (χ3n) is 11.0. The van der Waals surface area contributed by atoms with E-state index in [1.54, 1.807) is 0 Å². The van der Waals surface area contributed by atoms with Crippen LogP contribution in [0.1, 0.15) is 226 Å². The van der Waals surface area contributed by atoms with Gasteiger partial charge in [0.15, 0.2) is 0 Å². The molecular weight excluding hydrogens is 770 g/mol. The number of phosphoric ester groups is 1. The maximum absolute atomic E-state index is 12.7. The monoisotopic (exact) mass is 868 g/mol. The highest BCUT2D eigenvalue weighted by Gasteiger charge is 2.20. The standard InChI is InChI=1S/C51H98NO7P/c1-6-8-10-12-14-16-18-20-21-22-23-24-25-26-27-28-29-30-31-33-35-37-39-41-43-46-56-48-50(49-58-60(54,55)57-47-45-52(3,4)5)59-51(53)44-42-40-38-36-34-32-19-17-15-13-11-9-7-2/h9,11,15,17,32,34,50H,6-8,10,12-14,16,18-31,33,35-49H2,1-5H3/b11-9-,17-15-,34-32-. The van der Waals surface area contributed by atoms with Gasteiger partial charge < -0.3 is 27.9 Å². The Hall–Kier alpha value is -1.28. The van der Waals surface area contributed by atoms with Crippen molar-refractivity contribution >= 4 is 13.8 Å². The SMILES string of the molecule is CC/C=C\C/C=C\C/C=C\CCCCCC(=O)OC(COCCCCCCCCCCCCCCCCCCCCCCCCCCC)COP(=O)([O-])OCC[N+](C)(C)C. The molecule has 0 rings (SSSR count). The van der Waals surface area contributed by atoms with Crippen LogP contribution in [0, 0.1) is 0 Å². The second-order valence-corrected chi connectivity index (χ2v) is 19.6. The molecule has 0 fully saturated rings. The molecule has 0 saturated carbocycles. The molecule has 60 heavy (non-hydrogen) atoms. The Morgan fingerprint density at radius 1 is 0.533 bits per heavy atom. The van der Waals surface area contributed by atoms with Gasteiger partial charge in [-0.05, 0) is 44.9 Å². The topological polar surface area (TPSA) is 94.1 Å². The molecule has 0 amide bonds. The number of nitrogens with zero attached hydrogens (tertiary/aromatic N) is 1. The maximum Gasteiger partial charge on any atom is 0.306 e. The molecule has 0 aromatic heterocycles. The van der Waals surface area contributed by atoms with Crippen LogP contribution in [0.2, 0.25) is 0 Å². The normalized spacial score (nSPS) is 13.9. The summed E-state index contributed by atoms with van der Waals surface area (Å²) in [5.74, 6) is -0.360. The van der Waals surface area contributed by atoms with Crippen molar-refractivity contribution in [2.45, 2.75) is 232 Å². The van der Waals surface area contributed by atoms with Gasteiger partial charge in [0.1, 0.15) is 19.3 Å². The van der Waals surface area contributed by atoms with Gasteiger partial charge in [0.05, 0.1) is 34.4 Å². The Morgan fingerprint density at radius 3 is 1.43 bits per heavy atom. The molecule has 8 nitrogen and oxygen atoms in total. The van der Waals surface area contributed by atoms with E-state index < -0.39 is 13.9 Å². The van der Waals surface area contributed by atoms with Gasteiger partial charge >= 0.3 is 5.97 Å². The number of allylic oxidation sites excluding steroid dienone is 6. The number of ether oxygens (including phenoxy) is 2. The smallest absolute Gasteiger partial charge is 0.306 e. The van der Waals surface area contributed by atoms with Crippen molar-refractivity contribution in [1.29, 1.82) is 0 Å². The highest BCUT2D eigenvalue weighted by Crippen LogP contribution is 2.38. The van der Waals surface area contributed by atoms with Crippen molar-refractivity contribution in [2.75, 3.05) is 54.1 Å². The van der Waals surface area contributed by atoms with Crippen LogP contribution in [-0.2, 0) is 27.9 Å². The highest BCUT2D eigenvalue weighted by atomic mass is 31.2. The first kappa shape index (κ1) is 58.7. The van der Waals surface area contributed by atoms with Gasteiger partial charge in [0.2, 0.25) is 0 Å². The fraction of sp³-hybridized carbons (Fsp3) is 0.863. The van der Waals surface area contributed by atoms with Gasteiger partial charge in [0.25, 0.3) is 7.82 Å². The molecule has 0 aromatic rings. The number of unbranched alkanes of at least 4 members (excludes halogenated alkanes) is 27. The molecule has 0 saturated heterocycles. The zero-order valence-electron chi connectivity index (χ0n) is 40.2. The lowest BCUT2D eigenvalue weighted by Crippen LogP contribution is -2.37. The third kappa shape index (κ3) is 47.8. The summed E-state index contributed by atoms with van der Waals surface area (Å²) in [6.07, 6.45) is 53.3. The quantitative estimate of drug-likeness (QED) is 0.0198. The Kier molecular flexibility index (Phi) is 43.4. The fourth-order valence-electron chi connectivity index (χ4n) is 7.09. The average Bonchev–Trinajstić information content (AvgIpc) is 3.20. The second-order valence-electron chi connectivity index (χ2n) is 18.2. The molecule has 0 N–H and O–H groups in total. The number of carbonyl (C=O) groups excluding carboxylic acids is 1. The van der Waals surface area contributed by atoms with E-state index in [4.69, 9.17) is 18.5 Å². The van der Waals surface area contributed by atoms with Crippen molar-refractivity contribution in [3.8, 4) is 0 Å². The zero-order chi connectivity index (χ0) is 44.1. The van der Waals surface area contributed by atoms with Crippen molar-refractivity contribution in [1.82, 2.24) is 0 Å². The molecular formula is C51H98NO7P. The van der Waals surface area contributed by atoms with Gasteiger partial charge in [0, 0.05) is 13.0 Å². The summed E-state index contributed by atoms with van der Waals surface area (Å²) in [5, 5.41) is 0. The van der Waals surface area contributed by atoms with Crippen LogP contribution in [0.5, 0.6) is 0 Å². The molecule has 0 heterocycles. The van der Waals surface area contributed by atoms with E-state index in [1.807, 2.05) is 21.1 Å². The zero-order valence-corrected chi connectivity index (χ0v) is 41.1. The summed E-state index contributed by atoms with van der Waals surface area (Å²) < 4.78 is 34.6. The summed E-state index contributed by atoms with van der Waals surface area (Å²) in [5.41, 5.74) is 0. The Labute approximate surface area is 372 Å². The van der Waals surface area contributed by atoms with Crippen molar-refractivity contribution in [3.63, 3.8) is 0 Å². The van der Waals surface area contributed by atoms with Crippen LogP contribution in [0.4, 0.5) is 0 Å². The summed E-state index contributed by atoms with van der Waals surface area (Å²) in [7, 11) is 1.34. The van der Waals surface area contributed by atoms with Crippen LogP contribution in [0.15, 0.2) is 36.5 Å². The lowest BCUT2D eigenvalue weighted by atomic mass is 10.0. The van der Waals surface area contributed by atoms with Gasteiger partial charge in [-0.1, -0.05) is 211 Å². The summed E-state index contributed by atoms with van der Waals surface area (Å²) in [4.78, 5) is 25.1. The number of likely N-dealkylation sites (N-methyl/N-ethyl adjacent to an activating group) is 1. The highest BCUT2D eigenvalue weighted by molar-refractivity contribution is 7.45. The van der Waals surface area contributed by atoms with E-state index in [9.17, 15) is 14.3 Å². The predicted octanol–water partition coefficient (Wildman–Crippen LogP) is 14.7. The van der Waals surface area contributed by atoms with Crippen LogP contribution >= 0.6 is 7.82 Å². The molecule has 2 atom stereocenters. The second kappa shape index (κ2) is 44.3. The van der Waals surface area contributed by atoms with Gasteiger partial charge in [-0.3, -0.25) is 9.36 Å². The van der Waals surface area contributed by atoms with E-state index in [0.29, 0.717) is 17.6 Å². The molecule has 0 spiro atoms. The number of rotatable bonds is 47. The molecule has 354 valence electrons. The van der Waals surface area contributed by atoms with Crippen LogP contribution in [0.3, 0.4) is 0 Å². The van der Waals surface area contributed by atoms with Crippen molar-refractivity contribution in [2.24, 2.45) is 0 Å². The first-order valence-corrected chi connectivity index (χ1v) is 26.7. The van der Waals surface area contributed by atoms with E-state index in [1.165, 1.54) is 148 Å². The molecule has 9 heteroatoms. The first-order chi connectivity index (χ1) is 29.1. The lowest BCUT2D eigenvalue weighted by molar-refractivity contribution is -0.870. The van der Waals surface area contributed by atoms with E-state index >= 15 is 0 Å². The molecule has 0 aliphatic carbocycles. The number of hydrogen-bond donors (Lipinski definition) is 0. The van der Waals surface area contributed by atoms with Gasteiger partial charge in [-0.25, -0.2) is 0 Å². The van der Waals surface area contributed by atoms with Crippen LogP contribution in [0.25, 0.3) is 0 Å². The van der Waals surface area contributed by atoms with Crippen LogP contribution in [-0.4, -0.2) is 70.7 Å². The number of phosphoric acid groups is 1. The average molecular weight is 868 g/mol. The maximum atomic E-state index is 12.7. The predicted molar refractivity (Wildman–Crippen MR) is 254 cm³/mol. The molecule has 0 aliphatic heterocycles. The molecule has 0 radical (unpaired) electrons. The van der Waals surface area contributed by atoms with Crippen LogP contribution < -0.4 is 4.89 Å². The first-order valence-electron chi connectivity index (χ1n) is 25.2. The number of esters is 1. The molecule has 0 bridgehead atoms. The molecule has 0 aliphatic rings. The largest absolute Gasteiger partial charge is 0.756 e. The minimum absolute atomic E-state index is 0.0212. The fourth-order valence-corrected chi connectivity index (χ4v) is 7.82. The van der Waals surface area contributed by atoms with Gasteiger partial charge in [-0.2, -0.15) is 0 Å². The molecule has 2 unspecified atom stereocenters. The summed E-state index contributed by atoms with van der Waals surface area (Å²) in [6, 6.07) is 0. The van der Waals surface area contributed by atoms with Gasteiger partial charge in [-0.15, -0.1) is 0 Å². The minimum Gasteiger partial charge on any atom is -0.756 e. The lowest BCUT2D eigenvalue weighted by Gasteiger charge is -2.28. The Morgan fingerprint density at radius 2 is 0.967 bits per heavy atom. The summed E-state index contributed by atoms with van der Waals surface area (Å²) >= 11 is 0. The van der Waals surface area contributed by atoms with E-state index in [-0.39, 0.29) is 32.2 Å². The summed E-state index contributed by atoms with van der Waals surface area (Å²) in [6.45, 7) is 5.29. The minimum atomic E-state index is -4.53. The number of hydrogen-bond acceptors (Lipinski definition) is 7. The van der Waals surface area contributed by atoms with Crippen molar-refractivity contribution < 1.29 is 37.3 Å². The third-order valence-corrected chi connectivity index (χ3v) is 11.9. The number of quaternary nitrogens is 1. The van der Waals surface area contributed by atoms with Crippen molar-refractivity contribution in [3.05, 3.63) is 36.5 Å². The Balaban J connectivity index is 4.04. The Bertz CT molecular complexity index is 1060. The molecule has 0 aromatic carbocycles.